The van der Waals surface area contributed by atoms with Crippen molar-refractivity contribution in [2.45, 2.75) is 39.2 Å². The number of carbonyl (C=O) groups is 2. The highest BCUT2D eigenvalue weighted by molar-refractivity contribution is 6.31. The Morgan fingerprint density at radius 2 is 2.08 bits per heavy atom. The topological polar surface area (TPSA) is 40.6 Å². The van der Waals surface area contributed by atoms with Crippen molar-refractivity contribution >= 4 is 23.4 Å². The third kappa shape index (κ3) is 3.81. The molecule has 4 nitrogen and oxygen atoms in total. The molecular weight excluding hydrogens is 343 g/mol. The normalized spacial score (nSPS) is 25.8. The minimum atomic E-state index is -0.534. The number of rotatable bonds is 4. The molecule has 0 bridgehead atoms. The van der Waals surface area contributed by atoms with E-state index in [1.165, 1.54) is 18.2 Å². The second kappa shape index (κ2) is 7.32. The summed E-state index contributed by atoms with van der Waals surface area (Å²) in [6, 6.07) is 3.95. The fraction of sp³-hybridized carbons (Fsp3) is 0.579. The SMILES string of the molecule is CCC[C@@H]1C[C@H]1C(=O)N1CCN(C(=O)c2ccc(F)c(Cl)c2)[C@@H](C)C1. The first kappa shape index (κ1) is 18.2. The third-order valence-corrected chi connectivity index (χ3v) is 5.56. The Morgan fingerprint density at radius 1 is 1.32 bits per heavy atom. The fourth-order valence-corrected chi connectivity index (χ4v) is 3.91. The van der Waals surface area contributed by atoms with E-state index in [9.17, 15) is 14.0 Å². The van der Waals surface area contributed by atoms with Crippen molar-refractivity contribution < 1.29 is 14.0 Å². The molecule has 2 amide bonds. The van der Waals surface area contributed by atoms with Gasteiger partial charge in [0.05, 0.1) is 5.02 Å². The van der Waals surface area contributed by atoms with Crippen LogP contribution in [0.15, 0.2) is 18.2 Å². The summed E-state index contributed by atoms with van der Waals surface area (Å²) >= 11 is 5.78. The maximum absolute atomic E-state index is 13.3. The molecule has 1 aromatic carbocycles. The van der Waals surface area contributed by atoms with Gasteiger partial charge in [0.15, 0.2) is 0 Å². The van der Waals surface area contributed by atoms with Gasteiger partial charge in [-0.05, 0) is 43.9 Å². The molecule has 0 spiro atoms. The van der Waals surface area contributed by atoms with Gasteiger partial charge in [0.2, 0.25) is 5.91 Å². The molecule has 1 aliphatic heterocycles. The predicted octanol–water partition coefficient (Wildman–Crippen LogP) is 3.59. The molecule has 136 valence electrons. The summed E-state index contributed by atoms with van der Waals surface area (Å²) in [5.74, 6) is 0.269. The molecule has 1 saturated heterocycles. The van der Waals surface area contributed by atoms with E-state index in [1.807, 2.05) is 11.8 Å². The average molecular weight is 367 g/mol. The number of nitrogens with zero attached hydrogens (tertiary/aromatic N) is 2. The van der Waals surface area contributed by atoms with Gasteiger partial charge in [0.25, 0.3) is 5.91 Å². The van der Waals surface area contributed by atoms with Crippen molar-refractivity contribution in [3.63, 3.8) is 0 Å². The summed E-state index contributed by atoms with van der Waals surface area (Å²) in [5.41, 5.74) is 0.378. The summed E-state index contributed by atoms with van der Waals surface area (Å²) < 4.78 is 13.3. The highest BCUT2D eigenvalue weighted by Gasteiger charge is 2.45. The number of piperazine rings is 1. The first-order valence-corrected chi connectivity index (χ1v) is 9.35. The van der Waals surface area contributed by atoms with E-state index in [-0.39, 0.29) is 28.8 Å². The zero-order chi connectivity index (χ0) is 18.1. The molecule has 25 heavy (non-hydrogen) atoms. The summed E-state index contributed by atoms with van der Waals surface area (Å²) in [6.45, 7) is 5.69. The van der Waals surface area contributed by atoms with Crippen LogP contribution < -0.4 is 0 Å². The molecule has 1 saturated carbocycles. The molecule has 2 fully saturated rings. The molecule has 2 aliphatic rings. The maximum atomic E-state index is 13.3. The molecule has 0 radical (unpaired) electrons. The van der Waals surface area contributed by atoms with Gasteiger partial charge in [-0.1, -0.05) is 24.9 Å². The van der Waals surface area contributed by atoms with Gasteiger partial charge >= 0.3 is 0 Å². The molecule has 0 N–H and O–H groups in total. The second-order valence-corrected chi connectivity index (χ2v) is 7.56. The van der Waals surface area contributed by atoms with Crippen molar-refractivity contribution in [3.8, 4) is 0 Å². The van der Waals surface area contributed by atoms with E-state index in [0.717, 1.165) is 19.3 Å². The Morgan fingerprint density at radius 3 is 2.72 bits per heavy atom. The zero-order valence-corrected chi connectivity index (χ0v) is 15.4. The monoisotopic (exact) mass is 366 g/mol. The van der Waals surface area contributed by atoms with Crippen LogP contribution >= 0.6 is 11.6 Å². The molecule has 3 rings (SSSR count). The quantitative estimate of drug-likeness (QED) is 0.817. The van der Waals surface area contributed by atoms with Crippen molar-refractivity contribution in [2.75, 3.05) is 19.6 Å². The van der Waals surface area contributed by atoms with E-state index >= 15 is 0 Å². The lowest BCUT2D eigenvalue weighted by Crippen LogP contribution is -2.55. The summed E-state index contributed by atoms with van der Waals surface area (Å²) in [5, 5.41) is -0.0528. The minimum Gasteiger partial charge on any atom is -0.339 e. The summed E-state index contributed by atoms with van der Waals surface area (Å²) in [4.78, 5) is 28.9. The average Bonchev–Trinajstić information content (AvgIpc) is 3.35. The Balaban J connectivity index is 1.61. The van der Waals surface area contributed by atoms with Crippen LogP contribution in [-0.4, -0.2) is 47.3 Å². The minimum absolute atomic E-state index is 0.0528. The Labute approximate surface area is 152 Å². The van der Waals surface area contributed by atoms with Crippen LogP contribution in [0.1, 0.15) is 43.5 Å². The molecular formula is C19H24ClFN2O2. The number of amides is 2. The van der Waals surface area contributed by atoms with Gasteiger partial charge in [-0.25, -0.2) is 4.39 Å². The smallest absolute Gasteiger partial charge is 0.254 e. The van der Waals surface area contributed by atoms with Crippen molar-refractivity contribution in [1.29, 1.82) is 0 Å². The van der Waals surface area contributed by atoms with Crippen LogP contribution in [0.4, 0.5) is 4.39 Å². The van der Waals surface area contributed by atoms with Crippen LogP contribution in [0.3, 0.4) is 0 Å². The molecule has 3 atom stereocenters. The number of hydrogen-bond donors (Lipinski definition) is 0. The number of benzene rings is 1. The third-order valence-electron chi connectivity index (χ3n) is 5.27. The maximum Gasteiger partial charge on any atom is 0.254 e. The Hall–Kier alpha value is -1.62. The molecule has 6 heteroatoms. The Kier molecular flexibility index (Phi) is 5.32. The Bertz CT molecular complexity index is 681. The van der Waals surface area contributed by atoms with Gasteiger partial charge in [-0.2, -0.15) is 0 Å². The van der Waals surface area contributed by atoms with E-state index in [1.54, 1.807) is 4.90 Å². The summed E-state index contributed by atoms with van der Waals surface area (Å²) in [7, 11) is 0. The largest absolute Gasteiger partial charge is 0.339 e. The van der Waals surface area contributed by atoms with Gasteiger partial charge in [-0.15, -0.1) is 0 Å². The molecule has 0 unspecified atom stereocenters. The lowest BCUT2D eigenvalue weighted by molar-refractivity contribution is -0.135. The molecule has 0 aromatic heterocycles. The number of carbonyl (C=O) groups excluding carboxylic acids is 2. The lowest BCUT2D eigenvalue weighted by Gasteiger charge is -2.40. The zero-order valence-electron chi connectivity index (χ0n) is 14.7. The molecule has 1 aliphatic carbocycles. The lowest BCUT2D eigenvalue weighted by atomic mass is 10.1. The van der Waals surface area contributed by atoms with E-state index < -0.39 is 5.82 Å². The molecule has 1 aromatic rings. The first-order chi connectivity index (χ1) is 11.9. The van der Waals surface area contributed by atoms with Gasteiger partial charge in [-0.3, -0.25) is 9.59 Å². The van der Waals surface area contributed by atoms with E-state index in [4.69, 9.17) is 11.6 Å². The van der Waals surface area contributed by atoms with Crippen LogP contribution in [0.5, 0.6) is 0 Å². The van der Waals surface area contributed by atoms with Crippen molar-refractivity contribution in [1.82, 2.24) is 9.80 Å². The van der Waals surface area contributed by atoms with E-state index in [2.05, 4.69) is 6.92 Å². The van der Waals surface area contributed by atoms with Crippen LogP contribution in [0.25, 0.3) is 0 Å². The van der Waals surface area contributed by atoms with Crippen molar-refractivity contribution in [3.05, 3.63) is 34.6 Å². The van der Waals surface area contributed by atoms with Gasteiger partial charge in [0.1, 0.15) is 5.82 Å². The number of hydrogen-bond acceptors (Lipinski definition) is 2. The predicted molar refractivity (Wildman–Crippen MR) is 95.0 cm³/mol. The van der Waals surface area contributed by atoms with Gasteiger partial charge < -0.3 is 9.80 Å². The number of halogens is 2. The fourth-order valence-electron chi connectivity index (χ4n) is 3.73. The second-order valence-electron chi connectivity index (χ2n) is 7.15. The summed E-state index contributed by atoms with van der Waals surface area (Å²) in [6.07, 6.45) is 3.25. The van der Waals surface area contributed by atoms with Crippen LogP contribution in [0.2, 0.25) is 5.02 Å². The van der Waals surface area contributed by atoms with Crippen LogP contribution in [-0.2, 0) is 4.79 Å². The standard InChI is InChI=1S/C19H24ClFN2O2/c1-3-4-13-9-15(13)19(25)22-7-8-23(12(2)11-22)18(24)14-5-6-17(21)16(20)10-14/h5-6,10,12-13,15H,3-4,7-9,11H2,1-2H3/t12-,13+,15+/m0/s1. The van der Waals surface area contributed by atoms with Crippen molar-refractivity contribution in [2.24, 2.45) is 11.8 Å². The van der Waals surface area contributed by atoms with Gasteiger partial charge in [0, 0.05) is 37.2 Å². The highest BCUT2D eigenvalue weighted by atomic mass is 35.5. The first-order valence-electron chi connectivity index (χ1n) is 8.97. The molecule has 1 heterocycles. The van der Waals surface area contributed by atoms with Crippen LogP contribution in [0, 0.1) is 17.7 Å². The highest BCUT2D eigenvalue weighted by Crippen LogP contribution is 2.43. The van der Waals surface area contributed by atoms with E-state index in [0.29, 0.717) is 31.1 Å².